The number of rotatable bonds is 7. The topological polar surface area (TPSA) is 66.0 Å². The highest BCUT2D eigenvalue weighted by Crippen LogP contribution is 2.38. The minimum atomic E-state index is -0.596. The quantitative estimate of drug-likeness (QED) is 0.622. The van der Waals surface area contributed by atoms with Gasteiger partial charge in [-0.1, -0.05) is 48.5 Å². The first kappa shape index (κ1) is 23.9. The van der Waals surface area contributed by atoms with E-state index in [-0.39, 0.29) is 13.2 Å². The fourth-order valence-electron chi connectivity index (χ4n) is 3.29. The Bertz CT molecular complexity index is 956. The molecule has 6 nitrogen and oxygen atoms in total. The maximum absolute atomic E-state index is 12.3. The van der Waals surface area contributed by atoms with Crippen LogP contribution in [-0.4, -0.2) is 38.1 Å². The first-order chi connectivity index (χ1) is 15.1. The van der Waals surface area contributed by atoms with Gasteiger partial charge in [0.1, 0.15) is 12.4 Å². The Morgan fingerprint density at radius 2 is 1.72 bits per heavy atom. The minimum absolute atomic E-state index is 0.206. The second-order valence-corrected chi connectivity index (χ2v) is 8.95. The fraction of sp³-hybridized carbons (Fsp3) is 0.400. The minimum Gasteiger partial charge on any atom is -0.496 e. The van der Waals surface area contributed by atoms with Crippen molar-refractivity contribution in [3.8, 4) is 5.75 Å². The molecule has 1 saturated heterocycles. The highest BCUT2D eigenvalue weighted by Gasteiger charge is 2.52. The lowest BCUT2D eigenvalue weighted by Gasteiger charge is -2.32. The van der Waals surface area contributed by atoms with E-state index >= 15 is 0 Å². The van der Waals surface area contributed by atoms with Crippen LogP contribution in [0, 0.1) is 6.92 Å². The smallest absolute Gasteiger partial charge is 0.492 e. The van der Waals surface area contributed by atoms with Crippen LogP contribution in [0.15, 0.2) is 54.0 Å². The zero-order chi connectivity index (χ0) is 23.4. The van der Waals surface area contributed by atoms with Crippen LogP contribution in [0.5, 0.6) is 5.75 Å². The molecule has 0 saturated carbocycles. The van der Waals surface area contributed by atoms with Crippen molar-refractivity contribution in [2.24, 2.45) is 0 Å². The van der Waals surface area contributed by atoms with Crippen LogP contribution >= 0.6 is 0 Å². The highest BCUT2D eigenvalue weighted by atomic mass is 16.7. The number of alkyl carbamates (subject to hydrolysis) is 1. The maximum atomic E-state index is 12.3. The molecule has 1 amide bonds. The predicted octanol–water partition coefficient (Wildman–Crippen LogP) is 4.94. The van der Waals surface area contributed by atoms with Crippen molar-refractivity contribution in [2.45, 2.75) is 52.4 Å². The van der Waals surface area contributed by atoms with Gasteiger partial charge in [0.2, 0.25) is 0 Å². The Morgan fingerprint density at radius 3 is 2.34 bits per heavy atom. The number of methoxy groups -OCH3 is 1. The van der Waals surface area contributed by atoms with Crippen molar-refractivity contribution in [1.82, 2.24) is 5.32 Å². The number of carbonyl (C=O) groups is 1. The summed E-state index contributed by atoms with van der Waals surface area (Å²) in [5.41, 5.74) is 2.70. The van der Waals surface area contributed by atoms with Gasteiger partial charge in [-0.15, -0.1) is 0 Å². The molecule has 0 aliphatic carbocycles. The third-order valence-corrected chi connectivity index (χ3v) is 5.99. The summed E-state index contributed by atoms with van der Waals surface area (Å²) in [7, 11) is 1.05. The Kier molecular flexibility index (Phi) is 7.31. The molecule has 1 N–H and O–H groups in total. The van der Waals surface area contributed by atoms with Gasteiger partial charge in [-0.3, -0.25) is 0 Å². The van der Waals surface area contributed by atoms with E-state index in [1.165, 1.54) is 0 Å². The lowest BCUT2D eigenvalue weighted by Crippen LogP contribution is -2.41. The summed E-state index contributed by atoms with van der Waals surface area (Å²) >= 11 is 0. The molecule has 0 spiro atoms. The summed E-state index contributed by atoms with van der Waals surface area (Å²) in [5.74, 6) is 0.794. The number of hydrogen-bond acceptors (Lipinski definition) is 5. The molecule has 0 radical (unpaired) electrons. The van der Waals surface area contributed by atoms with Crippen LogP contribution in [0.25, 0.3) is 6.08 Å². The van der Waals surface area contributed by atoms with E-state index in [0.717, 1.165) is 27.9 Å². The van der Waals surface area contributed by atoms with Gasteiger partial charge in [0.05, 0.1) is 18.3 Å². The second kappa shape index (κ2) is 9.80. The number of benzene rings is 2. The van der Waals surface area contributed by atoms with Gasteiger partial charge in [-0.2, -0.15) is 0 Å². The Hall–Kier alpha value is -2.77. The number of nitrogens with one attached hydrogen (secondary N) is 1. The van der Waals surface area contributed by atoms with Gasteiger partial charge >= 0.3 is 13.2 Å². The van der Waals surface area contributed by atoms with Crippen LogP contribution in [0.4, 0.5) is 4.79 Å². The van der Waals surface area contributed by atoms with Gasteiger partial charge in [-0.05, 0) is 62.8 Å². The molecule has 1 aliphatic heterocycles. The highest BCUT2D eigenvalue weighted by molar-refractivity contribution is 6.56. The molecule has 0 unspecified atom stereocenters. The molecule has 2 aromatic rings. The lowest BCUT2D eigenvalue weighted by atomic mass is 9.77. The van der Waals surface area contributed by atoms with Crippen molar-refractivity contribution in [3.05, 3.63) is 70.7 Å². The van der Waals surface area contributed by atoms with E-state index in [0.29, 0.717) is 0 Å². The maximum Gasteiger partial charge on any atom is 0.492 e. The zero-order valence-corrected chi connectivity index (χ0v) is 19.7. The average molecular weight is 437 g/mol. The summed E-state index contributed by atoms with van der Waals surface area (Å²) in [6.07, 6.45) is 1.46. The van der Waals surface area contributed by atoms with E-state index in [4.69, 9.17) is 18.8 Å². The zero-order valence-electron chi connectivity index (χ0n) is 19.7. The van der Waals surface area contributed by atoms with E-state index in [1.807, 2.05) is 89.2 Å². The van der Waals surface area contributed by atoms with Gasteiger partial charge in [0.15, 0.2) is 0 Å². The number of ether oxygens (including phenoxy) is 2. The molecule has 170 valence electrons. The Balaban J connectivity index is 1.76. The summed E-state index contributed by atoms with van der Waals surface area (Å²) in [6.45, 7) is 10.4. The second-order valence-electron chi connectivity index (χ2n) is 8.95. The molecular weight excluding hydrogens is 405 g/mol. The van der Waals surface area contributed by atoms with E-state index in [2.05, 4.69) is 5.32 Å². The number of hydrogen-bond donors (Lipinski definition) is 1. The monoisotopic (exact) mass is 437 g/mol. The Labute approximate surface area is 191 Å². The molecule has 1 fully saturated rings. The number of carbonyl (C=O) groups excluding carboxylic acids is 1. The summed E-state index contributed by atoms with van der Waals surface area (Å²) < 4.78 is 23.2. The van der Waals surface area contributed by atoms with Gasteiger partial charge in [0.25, 0.3) is 0 Å². The number of amides is 1. The van der Waals surface area contributed by atoms with Crippen molar-refractivity contribution < 1.29 is 23.6 Å². The number of aryl methyl sites for hydroxylation is 1. The normalized spacial score (nSPS) is 17.2. The SMILES string of the molecule is COc1cc(C=C(CNC(=O)OCc2ccccc2)B2OC(C)(C)C(C)(C)O2)ccc1C. The van der Waals surface area contributed by atoms with Crippen LogP contribution in [0.3, 0.4) is 0 Å². The largest absolute Gasteiger partial charge is 0.496 e. The van der Waals surface area contributed by atoms with Crippen molar-refractivity contribution in [2.75, 3.05) is 13.7 Å². The van der Waals surface area contributed by atoms with Crippen molar-refractivity contribution in [1.29, 1.82) is 0 Å². The van der Waals surface area contributed by atoms with Crippen molar-refractivity contribution in [3.63, 3.8) is 0 Å². The molecule has 32 heavy (non-hydrogen) atoms. The molecule has 2 aromatic carbocycles. The van der Waals surface area contributed by atoms with Crippen LogP contribution < -0.4 is 10.1 Å². The molecule has 3 rings (SSSR count). The van der Waals surface area contributed by atoms with Crippen LogP contribution in [-0.2, 0) is 20.7 Å². The van der Waals surface area contributed by atoms with E-state index in [1.54, 1.807) is 7.11 Å². The third kappa shape index (κ3) is 5.72. The van der Waals surface area contributed by atoms with Gasteiger partial charge < -0.3 is 24.1 Å². The van der Waals surface area contributed by atoms with E-state index < -0.39 is 24.4 Å². The Morgan fingerprint density at radius 1 is 1.06 bits per heavy atom. The van der Waals surface area contributed by atoms with E-state index in [9.17, 15) is 4.79 Å². The molecular formula is C25H32BNO5. The van der Waals surface area contributed by atoms with Crippen molar-refractivity contribution >= 4 is 19.3 Å². The molecule has 1 aliphatic rings. The lowest BCUT2D eigenvalue weighted by molar-refractivity contribution is 0.00578. The summed E-state index contributed by atoms with van der Waals surface area (Å²) in [6, 6.07) is 15.5. The van der Waals surface area contributed by atoms with Crippen LogP contribution in [0.1, 0.15) is 44.4 Å². The van der Waals surface area contributed by atoms with Gasteiger partial charge in [-0.25, -0.2) is 4.79 Å². The third-order valence-electron chi connectivity index (χ3n) is 5.99. The van der Waals surface area contributed by atoms with Gasteiger partial charge in [0, 0.05) is 6.54 Å². The molecule has 1 heterocycles. The van der Waals surface area contributed by atoms with Crippen LogP contribution in [0.2, 0.25) is 0 Å². The predicted molar refractivity (Wildman–Crippen MR) is 126 cm³/mol. The summed E-state index contributed by atoms with van der Waals surface area (Å²) in [4.78, 5) is 12.3. The fourth-order valence-corrected chi connectivity index (χ4v) is 3.29. The first-order valence-electron chi connectivity index (χ1n) is 10.8. The average Bonchev–Trinajstić information content (AvgIpc) is 2.98. The molecule has 0 bridgehead atoms. The standard InChI is InChI=1S/C25H32BNO5/c1-18-12-13-20(15-22(18)29-6)14-21(26-31-24(2,3)25(4,5)32-26)16-27-23(28)30-17-19-10-8-7-9-11-19/h7-15H,16-17H2,1-6H3,(H,27,28). The molecule has 7 heteroatoms. The molecule has 0 aromatic heterocycles. The molecule has 0 atom stereocenters. The first-order valence-corrected chi connectivity index (χ1v) is 10.8. The summed E-state index contributed by atoms with van der Waals surface area (Å²) in [5, 5.41) is 2.82.